The molecule has 1 atom stereocenters. The number of nitrogens with one attached hydrogen (secondary N) is 1. The fraction of sp³-hybridized carbons (Fsp3) is 0.300. The van der Waals surface area contributed by atoms with Crippen molar-refractivity contribution in [3.05, 3.63) is 18.2 Å². The minimum atomic E-state index is -3.33. The van der Waals surface area contributed by atoms with Crippen LogP contribution in [0.1, 0.15) is 0 Å². The maximum Gasteiger partial charge on any atom is 0.183 e. The summed E-state index contributed by atoms with van der Waals surface area (Å²) in [5, 5.41) is 11.7. The molecule has 0 saturated carbocycles. The van der Waals surface area contributed by atoms with E-state index in [1.54, 1.807) is 12.1 Å². The summed E-state index contributed by atoms with van der Waals surface area (Å²) in [5.74, 6) is -0.158. The van der Waals surface area contributed by atoms with Crippen molar-refractivity contribution in [1.82, 2.24) is 0 Å². The van der Waals surface area contributed by atoms with Gasteiger partial charge < -0.3 is 5.32 Å². The van der Waals surface area contributed by atoms with Crippen molar-refractivity contribution in [3.63, 3.8) is 0 Å². The predicted molar refractivity (Wildman–Crippen MR) is 63.3 cm³/mol. The molecule has 0 saturated heterocycles. The number of hydrogen-bond acceptors (Lipinski definition) is 5. The number of nitriles is 1. The van der Waals surface area contributed by atoms with Crippen molar-refractivity contribution in [2.45, 2.75) is 15.8 Å². The van der Waals surface area contributed by atoms with E-state index < -0.39 is 15.9 Å². The third-order valence-corrected chi connectivity index (χ3v) is 4.90. The van der Waals surface area contributed by atoms with E-state index >= 15 is 0 Å². The highest BCUT2D eigenvalue weighted by Crippen LogP contribution is 2.31. The first kappa shape index (κ1) is 11.3. The number of thioether (sulfide) groups is 1. The Morgan fingerprint density at radius 1 is 1.56 bits per heavy atom. The molecule has 1 aliphatic rings. The Kier molecular flexibility index (Phi) is 2.82. The molecular formula is C10H10N2O2S2. The molecule has 0 radical (unpaired) electrons. The van der Waals surface area contributed by atoms with Gasteiger partial charge in [-0.2, -0.15) is 5.26 Å². The molecule has 2 rings (SSSR count). The van der Waals surface area contributed by atoms with E-state index in [2.05, 4.69) is 5.32 Å². The van der Waals surface area contributed by atoms with Gasteiger partial charge in [0.25, 0.3) is 0 Å². The first-order chi connectivity index (χ1) is 7.56. The van der Waals surface area contributed by atoms with Gasteiger partial charge in [0.05, 0.1) is 22.4 Å². The summed E-state index contributed by atoms with van der Waals surface area (Å²) in [6.45, 7) is 0. The van der Waals surface area contributed by atoms with Crippen LogP contribution in [0.15, 0.2) is 28.0 Å². The molecule has 84 valence electrons. The van der Waals surface area contributed by atoms with E-state index in [9.17, 15) is 8.42 Å². The predicted octanol–water partition coefficient (Wildman–Crippen LogP) is 1.50. The van der Waals surface area contributed by atoms with Crippen molar-refractivity contribution in [1.29, 1.82) is 5.26 Å². The molecule has 0 bridgehead atoms. The van der Waals surface area contributed by atoms with Gasteiger partial charge in [-0.15, -0.1) is 11.8 Å². The Balaban J connectivity index is 2.57. The minimum Gasteiger partial charge on any atom is -0.368 e. The number of sulfone groups is 1. The molecule has 1 aliphatic heterocycles. The zero-order valence-corrected chi connectivity index (χ0v) is 10.2. The molecule has 0 aromatic heterocycles. The number of rotatable bonds is 1. The molecule has 0 fully saturated rings. The molecule has 1 aromatic rings. The second-order valence-electron chi connectivity index (χ2n) is 3.47. The van der Waals surface area contributed by atoms with Gasteiger partial charge in [-0.05, 0) is 24.5 Å². The lowest BCUT2D eigenvalue weighted by atomic mass is 10.2. The average Bonchev–Trinajstić information content (AvgIpc) is 2.27. The van der Waals surface area contributed by atoms with Crippen LogP contribution in [-0.2, 0) is 9.84 Å². The Morgan fingerprint density at radius 3 is 2.94 bits per heavy atom. The standard InChI is InChI=1S/C10H10N2O2S2/c1-15-8-2-3-9-10(4-8)16(13,14)6-7(5-11)12-9/h2-4,7,12H,6H2,1H3. The van der Waals surface area contributed by atoms with E-state index in [1.165, 1.54) is 11.8 Å². The second-order valence-corrected chi connectivity index (χ2v) is 6.35. The first-order valence-corrected chi connectivity index (χ1v) is 7.51. The van der Waals surface area contributed by atoms with Crippen LogP contribution in [0.25, 0.3) is 0 Å². The summed E-state index contributed by atoms with van der Waals surface area (Å²) < 4.78 is 23.8. The van der Waals surface area contributed by atoms with Gasteiger partial charge in [0.2, 0.25) is 0 Å². The number of benzene rings is 1. The average molecular weight is 254 g/mol. The number of nitrogens with zero attached hydrogens (tertiary/aromatic N) is 1. The third-order valence-electron chi connectivity index (χ3n) is 2.40. The van der Waals surface area contributed by atoms with Crippen LogP contribution >= 0.6 is 11.8 Å². The Labute approximate surface area is 98.6 Å². The summed E-state index contributed by atoms with van der Waals surface area (Å²) in [4.78, 5) is 1.20. The maximum absolute atomic E-state index is 11.9. The number of anilines is 1. The topological polar surface area (TPSA) is 70.0 Å². The lowest BCUT2D eigenvalue weighted by molar-refractivity contribution is 0.591. The normalized spacial score (nSPS) is 21.6. The maximum atomic E-state index is 11.9. The second kappa shape index (κ2) is 4.00. The van der Waals surface area contributed by atoms with Crippen molar-refractivity contribution in [3.8, 4) is 6.07 Å². The van der Waals surface area contributed by atoms with E-state index in [0.29, 0.717) is 10.6 Å². The first-order valence-electron chi connectivity index (χ1n) is 4.64. The summed E-state index contributed by atoms with van der Waals surface area (Å²) in [6, 6.07) is 6.48. The Morgan fingerprint density at radius 2 is 2.31 bits per heavy atom. The Bertz CT molecular complexity index is 561. The smallest absolute Gasteiger partial charge is 0.183 e. The molecule has 0 spiro atoms. The summed E-state index contributed by atoms with van der Waals surface area (Å²) >= 11 is 1.49. The van der Waals surface area contributed by atoms with Crippen molar-refractivity contribution < 1.29 is 8.42 Å². The van der Waals surface area contributed by atoms with Crippen LogP contribution in [0.5, 0.6) is 0 Å². The summed E-state index contributed by atoms with van der Waals surface area (Å²) in [7, 11) is -3.33. The molecule has 1 heterocycles. The zero-order valence-electron chi connectivity index (χ0n) is 8.60. The fourth-order valence-corrected chi connectivity index (χ4v) is 3.67. The highest BCUT2D eigenvalue weighted by molar-refractivity contribution is 7.98. The largest absolute Gasteiger partial charge is 0.368 e. The van der Waals surface area contributed by atoms with E-state index in [0.717, 1.165) is 4.90 Å². The molecule has 6 heteroatoms. The van der Waals surface area contributed by atoms with Gasteiger partial charge in [-0.1, -0.05) is 0 Å². The highest BCUT2D eigenvalue weighted by atomic mass is 32.2. The van der Waals surface area contributed by atoms with Crippen molar-refractivity contribution in [2.24, 2.45) is 0 Å². The van der Waals surface area contributed by atoms with Gasteiger partial charge in [0, 0.05) is 4.90 Å². The van der Waals surface area contributed by atoms with Crippen LogP contribution < -0.4 is 5.32 Å². The molecule has 0 aliphatic carbocycles. The van der Waals surface area contributed by atoms with Crippen LogP contribution in [-0.4, -0.2) is 26.5 Å². The van der Waals surface area contributed by atoms with Crippen LogP contribution in [0, 0.1) is 11.3 Å². The SMILES string of the molecule is CSc1ccc2c(c1)S(=O)(=O)CC(C#N)N2. The van der Waals surface area contributed by atoms with Gasteiger partial charge >= 0.3 is 0 Å². The lowest BCUT2D eigenvalue weighted by Gasteiger charge is -2.22. The summed E-state index contributed by atoms with van der Waals surface area (Å²) in [5.41, 5.74) is 0.524. The number of fused-ring (bicyclic) bond motifs is 1. The van der Waals surface area contributed by atoms with E-state index in [-0.39, 0.29) is 5.75 Å². The van der Waals surface area contributed by atoms with Gasteiger partial charge in [-0.3, -0.25) is 0 Å². The molecule has 16 heavy (non-hydrogen) atoms. The Hall–Kier alpha value is -1.19. The van der Waals surface area contributed by atoms with E-state index in [1.807, 2.05) is 18.4 Å². The van der Waals surface area contributed by atoms with Crippen LogP contribution in [0.4, 0.5) is 5.69 Å². The number of hydrogen-bond donors (Lipinski definition) is 1. The molecule has 1 unspecified atom stereocenters. The lowest BCUT2D eigenvalue weighted by Crippen LogP contribution is -2.32. The molecule has 1 aromatic carbocycles. The van der Waals surface area contributed by atoms with Crippen molar-refractivity contribution in [2.75, 3.05) is 17.3 Å². The highest BCUT2D eigenvalue weighted by Gasteiger charge is 2.29. The molecular weight excluding hydrogens is 244 g/mol. The van der Waals surface area contributed by atoms with Gasteiger partial charge in [-0.25, -0.2) is 8.42 Å². The van der Waals surface area contributed by atoms with Gasteiger partial charge in [0.15, 0.2) is 9.84 Å². The fourth-order valence-electron chi connectivity index (χ4n) is 1.61. The van der Waals surface area contributed by atoms with Gasteiger partial charge in [0.1, 0.15) is 6.04 Å². The third kappa shape index (κ3) is 1.88. The molecule has 1 N–H and O–H groups in total. The monoisotopic (exact) mass is 254 g/mol. The van der Waals surface area contributed by atoms with E-state index in [4.69, 9.17) is 5.26 Å². The van der Waals surface area contributed by atoms with Crippen LogP contribution in [0.3, 0.4) is 0 Å². The summed E-state index contributed by atoms with van der Waals surface area (Å²) in [6.07, 6.45) is 1.89. The molecule has 0 amide bonds. The quantitative estimate of drug-likeness (QED) is 0.769. The minimum absolute atomic E-state index is 0.158. The zero-order chi connectivity index (χ0) is 11.8. The van der Waals surface area contributed by atoms with Crippen molar-refractivity contribution >= 4 is 27.3 Å². The van der Waals surface area contributed by atoms with Crippen LogP contribution in [0.2, 0.25) is 0 Å². The molecule has 4 nitrogen and oxygen atoms in total.